The van der Waals surface area contributed by atoms with Gasteiger partial charge in [-0.15, -0.1) is 5.10 Å². The second-order valence-electron chi connectivity index (χ2n) is 3.85. The number of benzene rings is 2. The summed E-state index contributed by atoms with van der Waals surface area (Å²) in [6.45, 7) is 0. The lowest BCUT2D eigenvalue weighted by atomic mass is 10.2. The number of nitrogens with zero attached hydrogens (tertiary/aromatic N) is 3. The zero-order valence-corrected chi connectivity index (χ0v) is 9.32. The maximum atomic E-state index is 10.6. The molecule has 0 radical (unpaired) electrons. The minimum Gasteiger partial charge on any atom is -0.507 e. The van der Waals surface area contributed by atoms with Gasteiger partial charge in [0.1, 0.15) is 11.3 Å². The van der Waals surface area contributed by atoms with Crippen LogP contribution in [-0.2, 0) is 0 Å². The zero-order chi connectivity index (χ0) is 12.5. The number of hydrogen-bond donors (Lipinski definition) is 1. The van der Waals surface area contributed by atoms with Crippen LogP contribution in [0.5, 0.6) is 5.75 Å². The Morgan fingerprint density at radius 2 is 2.00 bits per heavy atom. The van der Waals surface area contributed by atoms with Gasteiger partial charge in [-0.05, 0) is 24.3 Å². The summed E-state index contributed by atoms with van der Waals surface area (Å²) in [4.78, 5) is 10.6. The number of aromatic nitrogens is 3. The van der Waals surface area contributed by atoms with E-state index in [2.05, 4.69) is 10.3 Å². The Hall–Kier alpha value is -2.69. The van der Waals surface area contributed by atoms with E-state index < -0.39 is 0 Å². The molecule has 5 heteroatoms. The van der Waals surface area contributed by atoms with Crippen molar-refractivity contribution in [3.8, 4) is 11.4 Å². The molecule has 0 aliphatic carbocycles. The second-order valence-corrected chi connectivity index (χ2v) is 3.85. The highest BCUT2D eigenvalue weighted by atomic mass is 16.3. The first kappa shape index (κ1) is 10.5. The molecule has 0 fully saturated rings. The highest BCUT2D eigenvalue weighted by Crippen LogP contribution is 2.22. The molecular weight excluding hydrogens is 230 g/mol. The van der Waals surface area contributed by atoms with E-state index in [4.69, 9.17) is 0 Å². The van der Waals surface area contributed by atoms with Crippen LogP contribution in [0.1, 0.15) is 10.4 Å². The van der Waals surface area contributed by atoms with E-state index in [1.54, 1.807) is 16.8 Å². The normalized spacial score (nSPS) is 10.7. The van der Waals surface area contributed by atoms with Gasteiger partial charge in [0.2, 0.25) is 0 Å². The number of aldehydes is 1. The summed E-state index contributed by atoms with van der Waals surface area (Å²) >= 11 is 0. The van der Waals surface area contributed by atoms with Crippen LogP contribution in [-0.4, -0.2) is 26.4 Å². The molecule has 2 aromatic carbocycles. The Morgan fingerprint density at radius 3 is 2.78 bits per heavy atom. The predicted octanol–water partition coefficient (Wildman–Crippen LogP) is 1.94. The molecule has 0 unspecified atom stereocenters. The van der Waals surface area contributed by atoms with Crippen molar-refractivity contribution in [2.45, 2.75) is 0 Å². The van der Waals surface area contributed by atoms with Crippen LogP contribution < -0.4 is 0 Å². The van der Waals surface area contributed by atoms with Gasteiger partial charge in [-0.25, -0.2) is 4.68 Å². The smallest absolute Gasteiger partial charge is 0.153 e. The molecule has 3 aromatic rings. The summed E-state index contributed by atoms with van der Waals surface area (Å²) in [5.74, 6) is -0.0675. The first-order valence-electron chi connectivity index (χ1n) is 5.38. The molecule has 88 valence electrons. The van der Waals surface area contributed by atoms with Crippen molar-refractivity contribution in [1.82, 2.24) is 15.0 Å². The molecule has 0 spiro atoms. The molecule has 0 bridgehead atoms. The molecule has 0 aliphatic heterocycles. The van der Waals surface area contributed by atoms with Crippen LogP contribution in [0.4, 0.5) is 0 Å². The molecule has 3 rings (SSSR count). The standard InChI is InChI=1S/C13H9N3O2/c17-8-9-5-6-10(7-13(9)18)16-12-4-2-1-3-11(12)14-15-16/h1-8,18H. The summed E-state index contributed by atoms with van der Waals surface area (Å²) in [5, 5.41) is 17.7. The van der Waals surface area contributed by atoms with Gasteiger partial charge in [-0.2, -0.15) is 0 Å². The quantitative estimate of drug-likeness (QED) is 0.694. The van der Waals surface area contributed by atoms with Crippen molar-refractivity contribution in [2.75, 3.05) is 0 Å². The predicted molar refractivity (Wildman–Crippen MR) is 65.9 cm³/mol. The molecular formula is C13H9N3O2. The van der Waals surface area contributed by atoms with Crippen molar-refractivity contribution in [3.05, 3.63) is 48.0 Å². The summed E-state index contributed by atoms with van der Waals surface area (Å²) in [7, 11) is 0. The molecule has 0 amide bonds. The van der Waals surface area contributed by atoms with Crippen LogP contribution in [0.25, 0.3) is 16.7 Å². The molecule has 0 aliphatic rings. The number of phenolic OH excluding ortho intramolecular Hbond substituents is 1. The lowest BCUT2D eigenvalue weighted by Crippen LogP contribution is -1.97. The molecule has 5 nitrogen and oxygen atoms in total. The minimum atomic E-state index is -0.0675. The van der Waals surface area contributed by atoms with Crippen molar-refractivity contribution >= 4 is 17.3 Å². The highest BCUT2D eigenvalue weighted by Gasteiger charge is 2.08. The fourth-order valence-electron chi connectivity index (χ4n) is 1.82. The largest absolute Gasteiger partial charge is 0.507 e. The first-order valence-corrected chi connectivity index (χ1v) is 5.38. The Balaban J connectivity index is 2.20. The minimum absolute atomic E-state index is 0.0675. The highest BCUT2D eigenvalue weighted by molar-refractivity contribution is 5.80. The number of carbonyl (C=O) groups is 1. The average Bonchev–Trinajstić information content (AvgIpc) is 2.82. The number of rotatable bonds is 2. The van der Waals surface area contributed by atoms with Crippen LogP contribution in [0, 0.1) is 0 Å². The molecule has 1 N–H and O–H groups in total. The molecule has 1 aromatic heterocycles. The Labute approximate surface area is 102 Å². The monoisotopic (exact) mass is 239 g/mol. The molecule has 18 heavy (non-hydrogen) atoms. The molecule has 1 heterocycles. The topological polar surface area (TPSA) is 68.0 Å². The number of para-hydroxylation sites is 1. The number of phenols is 1. The van der Waals surface area contributed by atoms with E-state index >= 15 is 0 Å². The van der Waals surface area contributed by atoms with Crippen LogP contribution in [0.15, 0.2) is 42.5 Å². The van der Waals surface area contributed by atoms with Gasteiger partial charge in [0, 0.05) is 6.07 Å². The third-order valence-electron chi connectivity index (χ3n) is 2.74. The number of hydrogen-bond acceptors (Lipinski definition) is 4. The third kappa shape index (κ3) is 1.53. The van der Waals surface area contributed by atoms with Gasteiger partial charge in [0.25, 0.3) is 0 Å². The fourth-order valence-corrected chi connectivity index (χ4v) is 1.82. The van der Waals surface area contributed by atoms with Crippen LogP contribution >= 0.6 is 0 Å². The fraction of sp³-hybridized carbons (Fsp3) is 0. The van der Waals surface area contributed by atoms with Gasteiger partial charge in [0.15, 0.2) is 6.29 Å². The summed E-state index contributed by atoms with van der Waals surface area (Å²) in [6.07, 6.45) is 0.610. The van der Waals surface area contributed by atoms with Gasteiger partial charge in [-0.3, -0.25) is 4.79 Å². The molecule has 0 saturated carbocycles. The molecule has 0 atom stereocenters. The lowest BCUT2D eigenvalue weighted by Gasteiger charge is -2.04. The zero-order valence-electron chi connectivity index (χ0n) is 9.32. The van der Waals surface area contributed by atoms with Crippen molar-refractivity contribution in [3.63, 3.8) is 0 Å². The SMILES string of the molecule is O=Cc1ccc(-n2nnc3ccccc32)cc1O. The van der Waals surface area contributed by atoms with E-state index in [9.17, 15) is 9.90 Å². The molecule has 0 saturated heterocycles. The Kier molecular flexibility index (Phi) is 2.30. The van der Waals surface area contributed by atoms with Gasteiger partial charge in [0.05, 0.1) is 16.8 Å². The maximum Gasteiger partial charge on any atom is 0.153 e. The number of fused-ring (bicyclic) bond motifs is 1. The van der Waals surface area contributed by atoms with E-state index in [1.807, 2.05) is 24.3 Å². The summed E-state index contributed by atoms with van der Waals surface area (Å²) in [5.41, 5.74) is 2.53. The van der Waals surface area contributed by atoms with E-state index in [0.29, 0.717) is 12.0 Å². The van der Waals surface area contributed by atoms with Gasteiger partial charge >= 0.3 is 0 Å². The lowest BCUT2D eigenvalue weighted by molar-refractivity contribution is 0.112. The van der Waals surface area contributed by atoms with Crippen molar-refractivity contribution in [2.24, 2.45) is 0 Å². The van der Waals surface area contributed by atoms with Crippen molar-refractivity contribution < 1.29 is 9.90 Å². The van der Waals surface area contributed by atoms with E-state index in [1.165, 1.54) is 6.07 Å². The summed E-state index contributed by atoms with van der Waals surface area (Å²) in [6, 6.07) is 12.3. The summed E-state index contributed by atoms with van der Waals surface area (Å²) < 4.78 is 1.61. The average molecular weight is 239 g/mol. The van der Waals surface area contributed by atoms with Gasteiger partial charge in [-0.1, -0.05) is 17.3 Å². The van der Waals surface area contributed by atoms with Crippen molar-refractivity contribution in [1.29, 1.82) is 0 Å². The Bertz CT molecular complexity index is 734. The number of aromatic hydroxyl groups is 1. The van der Waals surface area contributed by atoms with E-state index in [-0.39, 0.29) is 11.3 Å². The van der Waals surface area contributed by atoms with Crippen LogP contribution in [0.3, 0.4) is 0 Å². The first-order chi connectivity index (χ1) is 8.79. The maximum absolute atomic E-state index is 10.6. The van der Waals surface area contributed by atoms with Gasteiger partial charge < -0.3 is 5.11 Å². The third-order valence-corrected chi connectivity index (χ3v) is 2.74. The number of carbonyl (C=O) groups excluding carboxylic acids is 1. The van der Waals surface area contributed by atoms with E-state index in [0.717, 1.165) is 11.0 Å². The Morgan fingerprint density at radius 1 is 1.17 bits per heavy atom. The second kappa shape index (κ2) is 3.96. The van der Waals surface area contributed by atoms with Crippen LogP contribution in [0.2, 0.25) is 0 Å².